The molecule has 4 aliphatic heterocycles. The minimum absolute atomic E-state index is 0.00667. The highest BCUT2D eigenvalue weighted by Gasteiger charge is 2.41. The summed E-state index contributed by atoms with van der Waals surface area (Å²) in [6.45, 7) is 0.206. The number of piperidine rings is 2. The second-order valence-corrected chi connectivity index (χ2v) is 14.1. The Labute approximate surface area is 269 Å². The maximum absolute atomic E-state index is 14.6. The van der Waals surface area contributed by atoms with Gasteiger partial charge in [0.2, 0.25) is 27.7 Å². The van der Waals surface area contributed by atoms with Crippen LogP contribution in [0.15, 0.2) is 36.4 Å². The minimum Gasteiger partial charge on any atom is -0.483 e. The van der Waals surface area contributed by atoms with E-state index in [9.17, 15) is 41.9 Å². The van der Waals surface area contributed by atoms with E-state index >= 15 is 0 Å². The lowest BCUT2D eigenvalue weighted by molar-refractivity contribution is -0.143. The van der Waals surface area contributed by atoms with Crippen molar-refractivity contribution in [3.63, 3.8) is 0 Å². The Morgan fingerprint density at radius 3 is 2.53 bits per heavy atom. The summed E-state index contributed by atoms with van der Waals surface area (Å²) < 4.78 is 47.2. The number of anilines is 1. The Hall–Kier alpha value is -4.25. The number of hydrogen-bond donors (Lipinski definition) is 3. The molecule has 2 unspecified atom stereocenters. The minimum atomic E-state index is -3.74. The smallest absolute Gasteiger partial charge is 0.260 e. The second kappa shape index (κ2) is 13.1. The zero-order valence-corrected chi connectivity index (χ0v) is 26.1. The van der Waals surface area contributed by atoms with Crippen LogP contribution in [0.25, 0.3) is 0 Å². The quantitative estimate of drug-likeness (QED) is 0.316. The van der Waals surface area contributed by atoms with Gasteiger partial charge in [0, 0.05) is 63.1 Å². The standard InChI is InChI=1S/C31H34FN5O9S/c32-23-5-4-18(17-47(44,45)36-10-8-20(38)9-11-36)12-24(23)33-29(41)19-13-35(14-19)28(40)16-46-26-3-1-2-21-22(26)15-37(31(21)43)25-6-7-27(39)34-30(25)42/h1-5,12,19,25,31,43H,6-11,13-17H2,(H,33,41)(H,34,39,42). The lowest BCUT2D eigenvalue weighted by atomic mass is 9.99. The molecule has 47 heavy (non-hydrogen) atoms. The molecule has 0 radical (unpaired) electrons. The monoisotopic (exact) mass is 671 g/mol. The van der Waals surface area contributed by atoms with Gasteiger partial charge in [0.1, 0.15) is 23.6 Å². The summed E-state index contributed by atoms with van der Waals surface area (Å²) in [6.07, 6.45) is -0.338. The Morgan fingerprint density at radius 2 is 1.81 bits per heavy atom. The van der Waals surface area contributed by atoms with Gasteiger partial charge in [0.15, 0.2) is 6.61 Å². The number of carbonyl (C=O) groups is 5. The number of nitrogens with one attached hydrogen (secondary N) is 2. The van der Waals surface area contributed by atoms with Crippen LogP contribution in [-0.2, 0) is 46.3 Å². The molecule has 2 atom stereocenters. The highest BCUT2D eigenvalue weighted by atomic mass is 32.2. The Kier molecular flexibility index (Phi) is 9.11. The number of Topliss-reactive ketones (excluding diaryl/α,β-unsaturated/α-hetero) is 1. The molecule has 2 aromatic carbocycles. The molecule has 0 spiro atoms. The van der Waals surface area contributed by atoms with Crippen LogP contribution in [0.1, 0.15) is 48.6 Å². The number of aliphatic hydroxyl groups is 1. The molecular weight excluding hydrogens is 637 g/mol. The van der Waals surface area contributed by atoms with Crippen LogP contribution in [0.2, 0.25) is 0 Å². The van der Waals surface area contributed by atoms with E-state index in [1.54, 1.807) is 23.1 Å². The third-order valence-electron chi connectivity index (χ3n) is 8.98. The predicted octanol–water partition coefficient (Wildman–Crippen LogP) is 0.408. The summed E-state index contributed by atoms with van der Waals surface area (Å²) in [7, 11) is -3.74. The van der Waals surface area contributed by atoms with Crippen LogP contribution in [-0.4, -0.2) is 95.9 Å². The number of nitrogens with zero attached hydrogens (tertiary/aromatic N) is 3. The van der Waals surface area contributed by atoms with E-state index in [0.717, 1.165) is 6.07 Å². The number of hydrogen-bond acceptors (Lipinski definition) is 10. The molecule has 0 saturated carbocycles. The van der Waals surface area contributed by atoms with E-state index < -0.39 is 51.6 Å². The first-order valence-electron chi connectivity index (χ1n) is 15.3. The van der Waals surface area contributed by atoms with Crippen molar-refractivity contribution in [2.75, 3.05) is 38.1 Å². The van der Waals surface area contributed by atoms with E-state index in [2.05, 4.69) is 10.6 Å². The fourth-order valence-corrected chi connectivity index (χ4v) is 7.77. The first-order chi connectivity index (χ1) is 22.4. The van der Waals surface area contributed by atoms with E-state index in [4.69, 9.17) is 4.74 Å². The molecule has 3 N–H and O–H groups in total. The largest absolute Gasteiger partial charge is 0.483 e. The van der Waals surface area contributed by atoms with Gasteiger partial charge in [0.25, 0.3) is 5.91 Å². The fourth-order valence-electron chi connectivity index (χ4n) is 6.24. The third kappa shape index (κ3) is 6.90. The number of carbonyl (C=O) groups excluding carboxylic acids is 5. The molecule has 3 fully saturated rings. The number of sulfonamides is 1. The van der Waals surface area contributed by atoms with Crippen molar-refractivity contribution in [1.29, 1.82) is 0 Å². The summed E-state index contributed by atoms with van der Waals surface area (Å²) in [4.78, 5) is 64.1. The van der Waals surface area contributed by atoms with Crippen molar-refractivity contribution in [2.45, 2.75) is 50.3 Å². The van der Waals surface area contributed by atoms with Crippen LogP contribution in [0.5, 0.6) is 5.75 Å². The van der Waals surface area contributed by atoms with E-state index in [1.165, 1.54) is 21.3 Å². The second-order valence-electron chi connectivity index (χ2n) is 12.1. The van der Waals surface area contributed by atoms with Gasteiger partial charge in [-0.2, -0.15) is 0 Å². The van der Waals surface area contributed by atoms with Crippen LogP contribution in [0, 0.1) is 11.7 Å². The zero-order chi connectivity index (χ0) is 33.5. The average molecular weight is 672 g/mol. The average Bonchev–Trinajstić information content (AvgIpc) is 3.33. The molecule has 250 valence electrons. The van der Waals surface area contributed by atoms with Crippen LogP contribution >= 0.6 is 0 Å². The van der Waals surface area contributed by atoms with Gasteiger partial charge in [-0.25, -0.2) is 17.1 Å². The van der Waals surface area contributed by atoms with E-state index in [1.807, 2.05) is 0 Å². The summed E-state index contributed by atoms with van der Waals surface area (Å²) >= 11 is 0. The van der Waals surface area contributed by atoms with Gasteiger partial charge in [0.05, 0.1) is 23.4 Å². The molecule has 2 aromatic rings. The molecule has 4 heterocycles. The van der Waals surface area contributed by atoms with Gasteiger partial charge in [-0.05, 0) is 30.2 Å². The highest BCUT2D eigenvalue weighted by molar-refractivity contribution is 7.88. The maximum Gasteiger partial charge on any atom is 0.260 e. The number of amides is 4. The van der Waals surface area contributed by atoms with Crippen LogP contribution in [0.4, 0.5) is 10.1 Å². The van der Waals surface area contributed by atoms with Crippen molar-refractivity contribution in [2.24, 2.45) is 5.92 Å². The molecule has 4 aliphatic rings. The van der Waals surface area contributed by atoms with Crippen molar-refractivity contribution in [1.82, 2.24) is 19.4 Å². The Morgan fingerprint density at radius 1 is 1.06 bits per heavy atom. The molecule has 6 rings (SSSR count). The Bertz CT molecular complexity index is 1740. The van der Waals surface area contributed by atoms with E-state index in [0.29, 0.717) is 16.9 Å². The summed E-state index contributed by atoms with van der Waals surface area (Å²) in [5, 5.41) is 15.7. The molecule has 0 aromatic heterocycles. The molecule has 16 heteroatoms. The third-order valence-corrected chi connectivity index (χ3v) is 10.8. The van der Waals surface area contributed by atoms with Gasteiger partial charge >= 0.3 is 0 Å². The van der Waals surface area contributed by atoms with Gasteiger partial charge in [-0.3, -0.25) is 34.2 Å². The number of ketones is 1. The predicted molar refractivity (Wildman–Crippen MR) is 162 cm³/mol. The van der Waals surface area contributed by atoms with Crippen LogP contribution < -0.4 is 15.4 Å². The lowest BCUT2D eigenvalue weighted by Gasteiger charge is -2.38. The van der Waals surface area contributed by atoms with Crippen LogP contribution in [0.3, 0.4) is 0 Å². The summed E-state index contributed by atoms with van der Waals surface area (Å²) in [5.41, 5.74) is 1.27. The van der Waals surface area contributed by atoms with Gasteiger partial charge < -0.3 is 20.1 Å². The summed E-state index contributed by atoms with van der Waals surface area (Å²) in [5.74, 6) is -3.12. The number of ether oxygens (including phenoxy) is 1. The number of fused-ring (bicyclic) bond motifs is 1. The number of aliphatic hydroxyl groups excluding tert-OH is 1. The van der Waals surface area contributed by atoms with Crippen molar-refractivity contribution in [3.05, 3.63) is 58.9 Å². The maximum atomic E-state index is 14.6. The number of halogens is 1. The van der Waals surface area contributed by atoms with Gasteiger partial charge in [-0.15, -0.1) is 0 Å². The number of likely N-dealkylation sites (tertiary alicyclic amines) is 1. The van der Waals surface area contributed by atoms with Crippen molar-refractivity contribution < 1.29 is 46.6 Å². The first-order valence-corrected chi connectivity index (χ1v) is 16.9. The first kappa shape index (κ1) is 32.7. The van der Waals surface area contributed by atoms with E-state index in [-0.39, 0.29) is 93.9 Å². The SMILES string of the molecule is O=C1CCN(S(=O)(=O)Cc2ccc(F)c(NC(=O)C3CN(C(=O)COc4cccc5c4CN(C4CCC(=O)NC4=O)C5O)C3)c2)CC1. The number of rotatable bonds is 9. The number of imide groups is 1. The number of benzene rings is 2. The lowest BCUT2D eigenvalue weighted by Crippen LogP contribution is -2.55. The molecule has 0 bridgehead atoms. The topological polar surface area (TPSA) is 183 Å². The highest BCUT2D eigenvalue weighted by Crippen LogP contribution is 2.39. The molecule has 0 aliphatic carbocycles. The van der Waals surface area contributed by atoms with Gasteiger partial charge in [-0.1, -0.05) is 18.2 Å². The molecule has 3 saturated heterocycles. The Balaban J connectivity index is 1.000. The summed E-state index contributed by atoms with van der Waals surface area (Å²) in [6, 6.07) is 8.01. The molecular formula is C31H34FN5O9S. The normalized spacial score (nSPS) is 22.4. The molecule has 14 nitrogen and oxygen atoms in total. The van der Waals surface area contributed by atoms with Crippen molar-refractivity contribution >= 4 is 45.1 Å². The van der Waals surface area contributed by atoms with Crippen molar-refractivity contribution in [3.8, 4) is 5.75 Å². The fraction of sp³-hybridized carbons (Fsp3) is 0.452. The zero-order valence-electron chi connectivity index (χ0n) is 25.3. The molecule has 4 amide bonds.